The minimum absolute atomic E-state index is 0.0263. The molecule has 1 aliphatic rings. The SMILES string of the molecule is CCCCCC[C@@H]1OC(C)CC(Nc2cnccn2)C1O. The lowest BCUT2D eigenvalue weighted by molar-refractivity contribution is -0.119. The van der Waals surface area contributed by atoms with Crippen LogP contribution in [-0.2, 0) is 4.74 Å². The standard InChI is InChI=1S/C16H27N3O2/c1-3-4-5-6-7-14-16(20)13(10-12(2)21-14)19-15-11-17-8-9-18-15/h8-9,11-14,16,20H,3-7,10H2,1-2H3,(H,18,19)/t12?,13?,14-,16?/m0/s1. The number of rotatable bonds is 7. The summed E-state index contributed by atoms with van der Waals surface area (Å²) >= 11 is 0. The van der Waals surface area contributed by atoms with Crippen LogP contribution in [0.2, 0.25) is 0 Å². The molecule has 118 valence electrons. The van der Waals surface area contributed by atoms with Crippen LogP contribution >= 0.6 is 0 Å². The first-order valence-corrected chi connectivity index (χ1v) is 8.06. The number of unbranched alkanes of at least 4 members (excludes halogenated alkanes) is 3. The van der Waals surface area contributed by atoms with E-state index in [0.29, 0.717) is 5.82 Å². The topological polar surface area (TPSA) is 67.3 Å². The summed E-state index contributed by atoms with van der Waals surface area (Å²) in [5.74, 6) is 0.709. The van der Waals surface area contributed by atoms with Gasteiger partial charge in [-0.1, -0.05) is 32.6 Å². The lowest BCUT2D eigenvalue weighted by Crippen LogP contribution is -2.50. The van der Waals surface area contributed by atoms with Crippen LogP contribution in [0.1, 0.15) is 52.4 Å². The van der Waals surface area contributed by atoms with Crippen molar-refractivity contribution < 1.29 is 9.84 Å². The molecule has 1 aromatic rings. The molecule has 1 fully saturated rings. The third-order valence-corrected chi connectivity index (χ3v) is 4.02. The van der Waals surface area contributed by atoms with Crippen LogP contribution in [0, 0.1) is 0 Å². The van der Waals surface area contributed by atoms with Crippen molar-refractivity contribution in [3.05, 3.63) is 18.6 Å². The van der Waals surface area contributed by atoms with Crippen LogP contribution in [0.3, 0.4) is 0 Å². The van der Waals surface area contributed by atoms with E-state index >= 15 is 0 Å². The second kappa shape index (κ2) is 8.29. The summed E-state index contributed by atoms with van der Waals surface area (Å²) in [5.41, 5.74) is 0. The van der Waals surface area contributed by atoms with Crippen LogP contribution in [0.15, 0.2) is 18.6 Å². The Morgan fingerprint density at radius 3 is 2.90 bits per heavy atom. The molecule has 0 amide bonds. The zero-order valence-electron chi connectivity index (χ0n) is 13.0. The van der Waals surface area contributed by atoms with E-state index in [1.54, 1.807) is 18.6 Å². The van der Waals surface area contributed by atoms with E-state index in [0.717, 1.165) is 19.3 Å². The van der Waals surface area contributed by atoms with Crippen LogP contribution < -0.4 is 5.32 Å². The summed E-state index contributed by atoms with van der Waals surface area (Å²) < 4.78 is 5.92. The van der Waals surface area contributed by atoms with E-state index in [9.17, 15) is 5.11 Å². The molecular formula is C16H27N3O2. The monoisotopic (exact) mass is 293 g/mol. The van der Waals surface area contributed by atoms with Gasteiger partial charge in [0.15, 0.2) is 0 Å². The van der Waals surface area contributed by atoms with Gasteiger partial charge in [0.25, 0.3) is 0 Å². The smallest absolute Gasteiger partial charge is 0.144 e. The van der Waals surface area contributed by atoms with Gasteiger partial charge in [-0.3, -0.25) is 4.98 Å². The number of hydrogen-bond donors (Lipinski definition) is 2. The van der Waals surface area contributed by atoms with Crippen molar-refractivity contribution in [3.63, 3.8) is 0 Å². The normalized spacial score (nSPS) is 29.3. The van der Waals surface area contributed by atoms with Gasteiger partial charge in [-0.05, 0) is 19.8 Å². The van der Waals surface area contributed by atoms with E-state index in [4.69, 9.17) is 4.74 Å². The fourth-order valence-electron chi connectivity index (χ4n) is 2.91. The fourth-order valence-corrected chi connectivity index (χ4v) is 2.91. The van der Waals surface area contributed by atoms with Crippen molar-refractivity contribution in [3.8, 4) is 0 Å². The van der Waals surface area contributed by atoms with Gasteiger partial charge < -0.3 is 15.2 Å². The van der Waals surface area contributed by atoms with E-state index in [1.165, 1.54) is 19.3 Å². The van der Waals surface area contributed by atoms with Crippen molar-refractivity contribution in [1.29, 1.82) is 0 Å². The summed E-state index contributed by atoms with van der Waals surface area (Å²) in [6.45, 7) is 4.27. The number of aliphatic hydroxyl groups is 1. The average Bonchev–Trinajstić information content (AvgIpc) is 2.49. The Morgan fingerprint density at radius 1 is 1.33 bits per heavy atom. The molecule has 2 N–H and O–H groups in total. The molecular weight excluding hydrogens is 266 g/mol. The quantitative estimate of drug-likeness (QED) is 0.757. The van der Waals surface area contributed by atoms with Crippen LogP contribution in [-0.4, -0.2) is 39.4 Å². The van der Waals surface area contributed by atoms with Gasteiger partial charge in [0.05, 0.1) is 24.4 Å². The Bertz CT molecular complexity index is 402. The summed E-state index contributed by atoms with van der Waals surface area (Å²) in [6.07, 6.45) is 11.0. The molecule has 1 saturated heterocycles. The zero-order valence-corrected chi connectivity index (χ0v) is 13.0. The maximum Gasteiger partial charge on any atom is 0.144 e. The summed E-state index contributed by atoms with van der Waals surface area (Å²) in [6, 6.07) is -0.0263. The first-order valence-electron chi connectivity index (χ1n) is 8.06. The molecule has 5 nitrogen and oxygen atoms in total. The Labute approximate surface area is 127 Å². The highest BCUT2D eigenvalue weighted by atomic mass is 16.5. The maximum absolute atomic E-state index is 10.5. The molecule has 21 heavy (non-hydrogen) atoms. The summed E-state index contributed by atoms with van der Waals surface area (Å²) in [4.78, 5) is 8.26. The number of hydrogen-bond acceptors (Lipinski definition) is 5. The van der Waals surface area contributed by atoms with Gasteiger partial charge in [-0.25, -0.2) is 4.98 Å². The first kappa shape index (κ1) is 16.2. The van der Waals surface area contributed by atoms with Gasteiger partial charge in [0.1, 0.15) is 11.9 Å². The van der Waals surface area contributed by atoms with Gasteiger partial charge in [-0.15, -0.1) is 0 Å². The molecule has 4 atom stereocenters. The first-order chi connectivity index (χ1) is 10.2. The molecule has 1 aliphatic heterocycles. The molecule has 0 bridgehead atoms. The highest BCUT2D eigenvalue weighted by Crippen LogP contribution is 2.26. The predicted octanol–water partition coefficient (Wildman–Crippen LogP) is 2.77. The van der Waals surface area contributed by atoms with Crippen molar-refractivity contribution in [2.24, 2.45) is 0 Å². The third kappa shape index (κ3) is 4.93. The van der Waals surface area contributed by atoms with E-state index in [-0.39, 0.29) is 18.2 Å². The molecule has 2 heterocycles. The van der Waals surface area contributed by atoms with Gasteiger partial charge in [0.2, 0.25) is 0 Å². The minimum atomic E-state index is -0.496. The number of aliphatic hydroxyl groups excluding tert-OH is 1. The Morgan fingerprint density at radius 2 is 2.19 bits per heavy atom. The summed E-state index contributed by atoms with van der Waals surface area (Å²) in [7, 11) is 0. The van der Waals surface area contributed by atoms with Crippen molar-refractivity contribution in [1.82, 2.24) is 9.97 Å². The lowest BCUT2D eigenvalue weighted by Gasteiger charge is -2.39. The molecule has 0 saturated carbocycles. The van der Waals surface area contributed by atoms with E-state index < -0.39 is 6.10 Å². The Hall–Kier alpha value is -1.20. The lowest BCUT2D eigenvalue weighted by atomic mass is 9.92. The van der Waals surface area contributed by atoms with Crippen molar-refractivity contribution in [2.45, 2.75) is 76.7 Å². The van der Waals surface area contributed by atoms with E-state index in [1.807, 2.05) is 0 Å². The number of anilines is 1. The molecule has 1 aromatic heterocycles. The zero-order chi connectivity index (χ0) is 15.1. The van der Waals surface area contributed by atoms with Crippen LogP contribution in [0.5, 0.6) is 0 Å². The minimum Gasteiger partial charge on any atom is -0.388 e. The van der Waals surface area contributed by atoms with Crippen LogP contribution in [0.4, 0.5) is 5.82 Å². The average molecular weight is 293 g/mol. The molecule has 0 aliphatic carbocycles. The predicted molar refractivity (Wildman–Crippen MR) is 83.2 cm³/mol. The second-order valence-electron chi connectivity index (χ2n) is 5.90. The molecule has 0 radical (unpaired) electrons. The number of ether oxygens (including phenoxy) is 1. The molecule has 0 spiro atoms. The number of aromatic nitrogens is 2. The third-order valence-electron chi connectivity index (χ3n) is 4.02. The number of nitrogens with one attached hydrogen (secondary N) is 1. The van der Waals surface area contributed by atoms with Crippen molar-refractivity contribution in [2.75, 3.05) is 5.32 Å². The Balaban J connectivity index is 1.89. The number of nitrogens with zero attached hydrogens (tertiary/aromatic N) is 2. The van der Waals surface area contributed by atoms with Gasteiger partial charge in [-0.2, -0.15) is 0 Å². The van der Waals surface area contributed by atoms with Gasteiger partial charge in [0, 0.05) is 12.4 Å². The van der Waals surface area contributed by atoms with Crippen LogP contribution in [0.25, 0.3) is 0 Å². The van der Waals surface area contributed by atoms with E-state index in [2.05, 4.69) is 29.1 Å². The molecule has 0 aromatic carbocycles. The second-order valence-corrected chi connectivity index (χ2v) is 5.90. The maximum atomic E-state index is 10.5. The largest absolute Gasteiger partial charge is 0.388 e. The molecule has 5 heteroatoms. The fraction of sp³-hybridized carbons (Fsp3) is 0.750. The highest BCUT2D eigenvalue weighted by molar-refractivity contribution is 5.32. The van der Waals surface area contributed by atoms with Gasteiger partial charge >= 0.3 is 0 Å². The summed E-state index contributed by atoms with van der Waals surface area (Å²) in [5, 5.41) is 13.8. The molecule has 3 unspecified atom stereocenters. The molecule has 2 rings (SSSR count). The van der Waals surface area contributed by atoms with Crippen molar-refractivity contribution >= 4 is 5.82 Å². The Kier molecular flexibility index (Phi) is 6.39. The highest BCUT2D eigenvalue weighted by Gasteiger charge is 2.35.